The molecular formula is C16H25F2NO. The predicted molar refractivity (Wildman–Crippen MR) is 78.9 cm³/mol. The molecule has 0 aromatic heterocycles. The van der Waals surface area contributed by atoms with Crippen LogP contribution in [0.5, 0.6) is 0 Å². The van der Waals surface area contributed by atoms with Crippen LogP contribution in [0.1, 0.15) is 39.0 Å². The molecule has 20 heavy (non-hydrogen) atoms. The number of unbranched alkanes of at least 4 members (excludes halogenated alkanes) is 1. The summed E-state index contributed by atoms with van der Waals surface area (Å²) in [6.07, 6.45) is 8.47. The Balaban J connectivity index is 2.22. The smallest absolute Gasteiger partial charge is 0.119 e. The van der Waals surface area contributed by atoms with E-state index in [2.05, 4.69) is 18.8 Å². The molecule has 1 aliphatic rings. The van der Waals surface area contributed by atoms with E-state index in [1.807, 2.05) is 0 Å². The SMILES string of the molecule is C=C(F)/C=C\C(F)=C/CC1CCC(NCCCC)CO1. The van der Waals surface area contributed by atoms with Gasteiger partial charge in [-0.1, -0.05) is 19.9 Å². The molecule has 114 valence electrons. The first kappa shape index (κ1) is 17.1. The van der Waals surface area contributed by atoms with E-state index in [9.17, 15) is 8.78 Å². The minimum Gasteiger partial charge on any atom is -0.376 e. The monoisotopic (exact) mass is 285 g/mol. The Hall–Kier alpha value is -1.00. The van der Waals surface area contributed by atoms with Crippen LogP contribution in [0, 0.1) is 0 Å². The Labute approximate surface area is 120 Å². The molecule has 0 aliphatic carbocycles. The lowest BCUT2D eigenvalue weighted by molar-refractivity contribution is -0.000584. The lowest BCUT2D eigenvalue weighted by Crippen LogP contribution is -2.40. The molecule has 0 aromatic carbocycles. The van der Waals surface area contributed by atoms with Gasteiger partial charge in [0.05, 0.1) is 12.7 Å². The van der Waals surface area contributed by atoms with Crippen LogP contribution < -0.4 is 5.32 Å². The largest absolute Gasteiger partial charge is 0.376 e. The highest BCUT2D eigenvalue weighted by Crippen LogP contribution is 2.18. The highest BCUT2D eigenvalue weighted by Gasteiger charge is 2.20. The number of halogens is 2. The molecule has 0 saturated carbocycles. The van der Waals surface area contributed by atoms with Crippen LogP contribution in [-0.4, -0.2) is 25.3 Å². The Morgan fingerprint density at radius 1 is 1.35 bits per heavy atom. The van der Waals surface area contributed by atoms with Crippen LogP contribution in [0.3, 0.4) is 0 Å². The van der Waals surface area contributed by atoms with Gasteiger partial charge in [0.2, 0.25) is 0 Å². The average molecular weight is 285 g/mol. The normalized spacial score (nSPS) is 24.2. The summed E-state index contributed by atoms with van der Waals surface area (Å²) >= 11 is 0. The highest BCUT2D eigenvalue weighted by atomic mass is 19.1. The molecule has 1 heterocycles. The number of ether oxygens (including phenoxy) is 1. The van der Waals surface area contributed by atoms with Crippen molar-refractivity contribution >= 4 is 0 Å². The molecule has 2 nitrogen and oxygen atoms in total. The van der Waals surface area contributed by atoms with Crippen molar-refractivity contribution in [2.75, 3.05) is 13.2 Å². The van der Waals surface area contributed by atoms with Crippen LogP contribution in [0.2, 0.25) is 0 Å². The first-order valence-electron chi connectivity index (χ1n) is 7.35. The van der Waals surface area contributed by atoms with E-state index in [1.165, 1.54) is 18.9 Å². The van der Waals surface area contributed by atoms with E-state index in [0.717, 1.165) is 31.5 Å². The fourth-order valence-electron chi connectivity index (χ4n) is 2.12. The number of hydrogen-bond donors (Lipinski definition) is 1. The first-order valence-corrected chi connectivity index (χ1v) is 7.35. The number of rotatable bonds is 8. The Kier molecular flexibility index (Phi) is 8.38. The maximum absolute atomic E-state index is 13.3. The summed E-state index contributed by atoms with van der Waals surface area (Å²) in [5.41, 5.74) is 0. The zero-order chi connectivity index (χ0) is 14.8. The summed E-state index contributed by atoms with van der Waals surface area (Å²) in [5, 5.41) is 3.46. The van der Waals surface area contributed by atoms with Crippen molar-refractivity contribution in [2.24, 2.45) is 0 Å². The molecule has 0 amide bonds. The molecule has 0 spiro atoms. The van der Waals surface area contributed by atoms with Crippen molar-refractivity contribution in [3.05, 3.63) is 36.5 Å². The summed E-state index contributed by atoms with van der Waals surface area (Å²) < 4.78 is 31.3. The van der Waals surface area contributed by atoms with Crippen molar-refractivity contribution in [1.29, 1.82) is 0 Å². The van der Waals surface area contributed by atoms with E-state index in [-0.39, 0.29) is 6.10 Å². The summed E-state index contributed by atoms with van der Waals surface area (Å²) in [6.45, 7) is 6.92. The van der Waals surface area contributed by atoms with E-state index < -0.39 is 11.7 Å². The summed E-state index contributed by atoms with van der Waals surface area (Å²) in [4.78, 5) is 0. The zero-order valence-corrected chi connectivity index (χ0v) is 12.2. The molecule has 1 rings (SSSR count). The minimum atomic E-state index is -0.650. The van der Waals surface area contributed by atoms with Gasteiger partial charge in [-0.15, -0.1) is 0 Å². The second-order valence-electron chi connectivity index (χ2n) is 5.14. The van der Waals surface area contributed by atoms with Gasteiger partial charge < -0.3 is 10.1 Å². The van der Waals surface area contributed by atoms with E-state index in [0.29, 0.717) is 19.1 Å². The second kappa shape index (κ2) is 9.83. The third kappa shape index (κ3) is 7.56. The molecular weight excluding hydrogens is 260 g/mol. The van der Waals surface area contributed by atoms with Gasteiger partial charge in [-0.2, -0.15) is 0 Å². The summed E-state index contributed by atoms with van der Waals surface area (Å²) in [7, 11) is 0. The van der Waals surface area contributed by atoms with Gasteiger partial charge in [-0.25, -0.2) is 8.78 Å². The zero-order valence-electron chi connectivity index (χ0n) is 12.2. The van der Waals surface area contributed by atoms with Gasteiger partial charge in [0, 0.05) is 6.04 Å². The lowest BCUT2D eigenvalue weighted by atomic mass is 10.0. The molecule has 1 N–H and O–H groups in total. The fraction of sp³-hybridized carbons (Fsp3) is 0.625. The van der Waals surface area contributed by atoms with Crippen LogP contribution in [0.4, 0.5) is 8.78 Å². The molecule has 0 radical (unpaired) electrons. The van der Waals surface area contributed by atoms with Gasteiger partial charge >= 0.3 is 0 Å². The van der Waals surface area contributed by atoms with E-state index in [1.54, 1.807) is 0 Å². The van der Waals surface area contributed by atoms with Gasteiger partial charge in [0.15, 0.2) is 0 Å². The van der Waals surface area contributed by atoms with Crippen molar-refractivity contribution in [3.63, 3.8) is 0 Å². The Bertz CT molecular complexity index is 344. The van der Waals surface area contributed by atoms with Gasteiger partial charge in [0.1, 0.15) is 11.7 Å². The van der Waals surface area contributed by atoms with Crippen LogP contribution >= 0.6 is 0 Å². The molecule has 2 atom stereocenters. The van der Waals surface area contributed by atoms with Gasteiger partial charge in [-0.3, -0.25) is 0 Å². The Morgan fingerprint density at radius 2 is 2.15 bits per heavy atom. The molecule has 1 saturated heterocycles. The third-order valence-corrected chi connectivity index (χ3v) is 3.33. The van der Waals surface area contributed by atoms with Crippen molar-refractivity contribution in [2.45, 2.75) is 51.2 Å². The molecule has 1 fully saturated rings. The van der Waals surface area contributed by atoms with Crippen molar-refractivity contribution in [1.82, 2.24) is 5.32 Å². The predicted octanol–water partition coefficient (Wildman–Crippen LogP) is 4.21. The summed E-state index contributed by atoms with van der Waals surface area (Å²) in [6, 6.07) is 0.418. The maximum atomic E-state index is 13.3. The van der Waals surface area contributed by atoms with Crippen LogP contribution in [0.25, 0.3) is 0 Å². The summed E-state index contributed by atoms with van der Waals surface area (Å²) in [5.74, 6) is -1.10. The van der Waals surface area contributed by atoms with Crippen LogP contribution in [-0.2, 0) is 4.74 Å². The Morgan fingerprint density at radius 3 is 2.75 bits per heavy atom. The van der Waals surface area contributed by atoms with Crippen LogP contribution in [0.15, 0.2) is 36.5 Å². The molecule has 2 unspecified atom stereocenters. The molecule has 0 aromatic rings. The van der Waals surface area contributed by atoms with Gasteiger partial charge in [-0.05, 0) is 50.5 Å². The fourth-order valence-corrected chi connectivity index (χ4v) is 2.12. The standard InChI is InChI=1S/C16H25F2NO/c1-3-4-11-19-15-8-10-16(20-12-15)9-7-14(18)6-5-13(2)17/h5-7,15-16,19H,2-4,8-12H2,1H3/b6-5-,14-7+. The second-order valence-corrected chi connectivity index (χ2v) is 5.14. The van der Waals surface area contributed by atoms with Crippen molar-refractivity contribution in [3.8, 4) is 0 Å². The quantitative estimate of drug-likeness (QED) is 0.533. The minimum absolute atomic E-state index is 0.0620. The molecule has 0 bridgehead atoms. The molecule has 4 heteroatoms. The topological polar surface area (TPSA) is 21.3 Å². The van der Waals surface area contributed by atoms with E-state index in [4.69, 9.17) is 4.74 Å². The number of allylic oxidation sites excluding steroid dienone is 4. The number of hydrogen-bond acceptors (Lipinski definition) is 2. The molecule has 1 aliphatic heterocycles. The maximum Gasteiger partial charge on any atom is 0.119 e. The first-order chi connectivity index (χ1) is 9.61. The third-order valence-electron chi connectivity index (χ3n) is 3.33. The number of nitrogens with one attached hydrogen (secondary N) is 1. The van der Waals surface area contributed by atoms with Crippen molar-refractivity contribution < 1.29 is 13.5 Å². The lowest BCUT2D eigenvalue weighted by Gasteiger charge is -2.29. The highest BCUT2D eigenvalue weighted by molar-refractivity contribution is 5.18. The van der Waals surface area contributed by atoms with Gasteiger partial charge in [0.25, 0.3) is 0 Å². The average Bonchev–Trinajstić information content (AvgIpc) is 2.44. The van der Waals surface area contributed by atoms with E-state index >= 15 is 0 Å².